The number of methoxy groups -OCH3 is 1. The number of rotatable bonds is 3. The van der Waals surface area contributed by atoms with Crippen molar-refractivity contribution in [2.24, 2.45) is 0 Å². The molecule has 0 aliphatic carbocycles. The minimum absolute atomic E-state index is 0.385. The molecule has 1 aliphatic heterocycles. The molecule has 0 radical (unpaired) electrons. The Morgan fingerprint density at radius 3 is 2.72 bits per heavy atom. The minimum Gasteiger partial charge on any atom is -0.495 e. The number of imide groups is 1. The van der Waals surface area contributed by atoms with Crippen LogP contribution < -0.4 is 15.0 Å². The Labute approximate surface area is 104 Å². The van der Waals surface area contributed by atoms with Crippen molar-refractivity contribution < 1.29 is 19.4 Å². The van der Waals surface area contributed by atoms with Crippen molar-refractivity contribution in [1.82, 2.24) is 5.32 Å². The van der Waals surface area contributed by atoms with E-state index in [1.807, 2.05) is 13.0 Å². The smallest absolute Gasteiger partial charge is 0.329 e. The first-order valence-corrected chi connectivity index (χ1v) is 5.48. The number of hydrogen-bond donors (Lipinski definition) is 2. The average molecular weight is 250 g/mol. The van der Waals surface area contributed by atoms with Crippen LogP contribution in [0.15, 0.2) is 18.2 Å². The van der Waals surface area contributed by atoms with E-state index in [2.05, 4.69) is 5.32 Å². The molecule has 1 fully saturated rings. The predicted molar refractivity (Wildman–Crippen MR) is 64.6 cm³/mol. The van der Waals surface area contributed by atoms with Crippen LogP contribution in [0.5, 0.6) is 5.75 Å². The zero-order chi connectivity index (χ0) is 13.3. The van der Waals surface area contributed by atoms with Crippen LogP contribution in [0.2, 0.25) is 0 Å². The maximum absolute atomic E-state index is 12.0. The summed E-state index contributed by atoms with van der Waals surface area (Å²) in [6, 6.07) is 3.77. The maximum atomic E-state index is 12.0. The molecule has 0 spiro atoms. The zero-order valence-corrected chi connectivity index (χ0v) is 10.1. The minimum atomic E-state index is -0.886. The lowest BCUT2D eigenvalue weighted by Gasteiger charge is -2.17. The van der Waals surface area contributed by atoms with E-state index in [0.29, 0.717) is 11.4 Å². The van der Waals surface area contributed by atoms with E-state index in [-0.39, 0.29) is 0 Å². The second-order valence-corrected chi connectivity index (χ2v) is 4.03. The molecule has 0 saturated carbocycles. The summed E-state index contributed by atoms with van der Waals surface area (Å²) in [6.45, 7) is 1.43. The number of carbonyl (C=O) groups excluding carboxylic acids is 2. The molecule has 1 aromatic carbocycles. The second-order valence-electron chi connectivity index (χ2n) is 4.03. The first-order chi connectivity index (χ1) is 8.58. The van der Waals surface area contributed by atoms with E-state index in [0.717, 1.165) is 10.5 Å². The molecule has 18 heavy (non-hydrogen) atoms. The molecule has 96 valence electrons. The topological polar surface area (TPSA) is 78.9 Å². The number of aliphatic hydroxyl groups excluding tert-OH is 1. The fourth-order valence-corrected chi connectivity index (χ4v) is 1.86. The van der Waals surface area contributed by atoms with Gasteiger partial charge in [-0.2, -0.15) is 0 Å². The van der Waals surface area contributed by atoms with Gasteiger partial charge in [-0.05, 0) is 24.6 Å². The molecule has 6 nitrogen and oxygen atoms in total. The van der Waals surface area contributed by atoms with Crippen LogP contribution in [0.3, 0.4) is 0 Å². The lowest BCUT2D eigenvalue weighted by Crippen LogP contribution is -2.33. The summed E-state index contributed by atoms with van der Waals surface area (Å²) < 4.78 is 5.14. The molecule has 2 rings (SSSR count). The van der Waals surface area contributed by atoms with Gasteiger partial charge in [0, 0.05) is 0 Å². The number of ether oxygens (including phenoxy) is 1. The van der Waals surface area contributed by atoms with Gasteiger partial charge < -0.3 is 15.2 Å². The third-order valence-electron chi connectivity index (χ3n) is 2.78. The highest BCUT2D eigenvalue weighted by Crippen LogP contribution is 2.31. The monoisotopic (exact) mass is 250 g/mol. The first-order valence-electron chi connectivity index (χ1n) is 5.48. The van der Waals surface area contributed by atoms with Crippen molar-refractivity contribution in [2.45, 2.75) is 13.0 Å². The van der Waals surface area contributed by atoms with Gasteiger partial charge in [-0.15, -0.1) is 0 Å². The van der Waals surface area contributed by atoms with Crippen molar-refractivity contribution in [3.8, 4) is 5.75 Å². The van der Waals surface area contributed by atoms with Gasteiger partial charge in [0.15, 0.2) is 0 Å². The molecule has 1 saturated heterocycles. The number of urea groups is 1. The van der Waals surface area contributed by atoms with Gasteiger partial charge in [-0.3, -0.25) is 4.79 Å². The Morgan fingerprint density at radius 2 is 2.17 bits per heavy atom. The number of hydrogen-bond acceptors (Lipinski definition) is 4. The average Bonchev–Trinajstić information content (AvgIpc) is 2.64. The molecule has 6 heteroatoms. The van der Waals surface area contributed by atoms with Crippen LogP contribution in [0.4, 0.5) is 10.5 Å². The number of carbonyl (C=O) groups is 2. The highest BCUT2D eigenvalue weighted by Gasteiger charge is 2.39. The van der Waals surface area contributed by atoms with Crippen LogP contribution >= 0.6 is 0 Å². The second kappa shape index (κ2) is 4.66. The summed E-state index contributed by atoms with van der Waals surface area (Å²) in [5, 5.41) is 11.4. The highest BCUT2D eigenvalue weighted by molar-refractivity contribution is 6.22. The van der Waals surface area contributed by atoms with E-state index in [1.54, 1.807) is 12.1 Å². The van der Waals surface area contributed by atoms with Gasteiger partial charge in [0.2, 0.25) is 0 Å². The number of aryl methyl sites for hydroxylation is 1. The van der Waals surface area contributed by atoms with Gasteiger partial charge in [-0.1, -0.05) is 6.07 Å². The summed E-state index contributed by atoms with van der Waals surface area (Å²) >= 11 is 0. The number of nitrogens with zero attached hydrogens (tertiary/aromatic N) is 1. The molecule has 1 aliphatic rings. The number of amides is 3. The number of benzene rings is 1. The van der Waals surface area contributed by atoms with Crippen molar-refractivity contribution in [3.05, 3.63) is 23.8 Å². The van der Waals surface area contributed by atoms with Gasteiger partial charge in [0.1, 0.15) is 11.8 Å². The molecule has 2 N–H and O–H groups in total. The highest BCUT2D eigenvalue weighted by atomic mass is 16.5. The Kier molecular flexibility index (Phi) is 3.20. The van der Waals surface area contributed by atoms with E-state index in [4.69, 9.17) is 9.84 Å². The first kappa shape index (κ1) is 12.4. The quantitative estimate of drug-likeness (QED) is 0.762. The Balaban J connectivity index is 2.45. The van der Waals surface area contributed by atoms with Gasteiger partial charge in [0.25, 0.3) is 5.91 Å². The van der Waals surface area contributed by atoms with Crippen molar-refractivity contribution in [3.63, 3.8) is 0 Å². The summed E-state index contributed by atoms with van der Waals surface area (Å²) in [7, 11) is 1.47. The maximum Gasteiger partial charge on any atom is 0.329 e. The largest absolute Gasteiger partial charge is 0.495 e. The Morgan fingerprint density at radius 1 is 1.44 bits per heavy atom. The van der Waals surface area contributed by atoms with Crippen LogP contribution in [-0.4, -0.2) is 36.8 Å². The SMILES string of the molecule is COc1ccc(C)cc1N1C(=O)N[C@@H](CO)C1=O. The van der Waals surface area contributed by atoms with Crippen molar-refractivity contribution >= 4 is 17.6 Å². The van der Waals surface area contributed by atoms with Crippen molar-refractivity contribution in [1.29, 1.82) is 0 Å². The van der Waals surface area contributed by atoms with Crippen LogP contribution in [0.25, 0.3) is 0 Å². The third-order valence-corrected chi connectivity index (χ3v) is 2.78. The van der Waals surface area contributed by atoms with E-state index in [1.165, 1.54) is 7.11 Å². The van der Waals surface area contributed by atoms with Gasteiger partial charge >= 0.3 is 6.03 Å². The zero-order valence-electron chi connectivity index (χ0n) is 10.1. The molecular formula is C12H14N2O4. The lowest BCUT2D eigenvalue weighted by molar-refractivity contribution is -0.119. The lowest BCUT2D eigenvalue weighted by atomic mass is 10.2. The van der Waals surface area contributed by atoms with Crippen molar-refractivity contribution in [2.75, 3.05) is 18.6 Å². The molecule has 0 aromatic heterocycles. The summed E-state index contributed by atoms with van der Waals surface area (Å²) in [5.74, 6) is -0.0471. The predicted octanol–water partition coefficient (Wildman–Crippen LogP) is 0.421. The standard InChI is InChI=1S/C12H14N2O4/c1-7-3-4-10(18-2)9(5-7)14-11(16)8(6-15)13-12(14)17/h3-5,8,15H,6H2,1-2H3,(H,13,17)/t8-/m0/s1. The number of anilines is 1. The van der Waals surface area contributed by atoms with E-state index >= 15 is 0 Å². The van der Waals surface area contributed by atoms with Gasteiger partial charge in [-0.25, -0.2) is 9.69 Å². The Hall–Kier alpha value is -2.08. The van der Waals surface area contributed by atoms with Crippen LogP contribution in [0, 0.1) is 6.92 Å². The molecule has 0 unspecified atom stereocenters. The Bertz CT molecular complexity index is 501. The van der Waals surface area contributed by atoms with E-state index < -0.39 is 24.6 Å². The molecule has 1 atom stereocenters. The molecule has 3 amide bonds. The molecule has 0 bridgehead atoms. The summed E-state index contributed by atoms with van der Waals surface area (Å²) in [6.07, 6.45) is 0. The molecule has 1 heterocycles. The normalized spacial score (nSPS) is 19.1. The summed E-state index contributed by atoms with van der Waals surface area (Å²) in [5.41, 5.74) is 1.29. The van der Waals surface area contributed by atoms with Gasteiger partial charge in [0.05, 0.1) is 19.4 Å². The fourth-order valence-electron chi connectivity index (χ4n) is 1.86. The number of aliphatic hydroxyl groups is 1. The van der Waals surface area contributed by atoms with Crippen LogP contribution in [0.1, 0.15) is 5.56 Å². The fraction of sp³-hybridized carbons (Fsp3) is 0.333. The van der Waals surface area contributed by atoms with Crippen LogP contribution in [-0.2, 0) is 4.79 Å². The molecular weight excluding hydrogens is 236 g/mol. The molecule has 1 aromatic rings. The van der Waals surface area contributed by atoms with E-state index in [9.17, 15) is 9.59 Å². The summed E-state index contributed by atoms with van der Waals surface area (Å²) in [4.78, 5) is 24.7. The third kappa shape index (κ3) is 1.91. The number of nitrogens with one attached hydrogen (secondary N) is 1.